The van der Waals surface area contributed by atoms with Gasteiger partial charge in [0.15, 0.2) is 0 Å². The molecule has 2 rings (SSSR count). The van der Waals surface area contributed by atoms with Gasteiger partial charge >= 0.3 is 0 Å². The van der Waals surface area contributed by atoms with E-state index in [1.807, 2.05) is 13.0 Å². The van der Waals surface area contributed by atoms with Gasteiger partial charge in [0, 0.05) is 6.04 Å². The van der Waals surface area contributed by atoms with Crippen LogP contribution in [0.2, 0.25) is 5.02 Å². The Bertz CT molecular complexity index is 552. The second-order valence-electron chi connectivity index (χ2n) is 5.18. The van der Waals surface area contributed by atoms with Gasteiger partial charge in [-0.25, -0.2) is 0 Å². The zero-order valence-electron chi connectivity index (χ0n) is 10.7. The summed E-state index contributed by atoms with van der Waals surface area (Å²) in [5.74, 6) is -0.130. The summed E-state index contributed by atoms with van der Waals surface area (Å²) in [5.41, 5.74) is 6.38. The third-order valence-corrected chi connectivity index (χ3v) is 4.22. The summed E-state index contributed by atoms with van der Waals surface area (Å²) in [7, 11) is 0. The van der Waals surface area contributed by atoms with Gasteiger partial charge in [-0.3, -0.25) is 4.79 Å². The van der Waals surface area contributed by atoms with Crippen molar-refractivity contribution >= 4 is 23.2 Å². The number of nitrogens with two attached hydrogens (primary N) is 1. The number of anilines is 1. The van der Waals surface area contributed by atoms with Gasteiger partial charge in [-0.15, -0.1) is 0 Å². The molecule has 1 aliphatic carbocycles. The van der Waals surface area contributed by atoms with Crippen LogP contribution in [0.15, 0.2) is 18.2 Å². The highest BCUT2D eigenvalue weighted by molar-refractivity contribution is 6.33. The molecule has 19 heavy (non-hydrogen) atoms. The Morgan fingerprint density at radius 3 is 2.95 bits per heavy atom. The first-order chi connectivity index (χ1) is 8.97. The smallest absolute Gasteiger partial charge is 0.231 e. The molecule has 0 spiro atoms. The van der Waals surface area contributed by atoms with Gasteiger partial charge in [0.25, 0.3) is 0 Å². The minimum absolute atomic E-state index is 0.130. The number of benzene rings is 1. The van der Waals surface area contributed by atoms with Gasteiger partial charge in [-0.05, 0) is 38.0 Å². The van der Waals surface area contributed by atoms with E-state index in [1.165, 1.54) is 0 Å². The standard InChI is InChI=1S/C14H16ClN3O/c1-14(6-2-3-12(14)17)13(19)18-11-7-9(8-16)4-5-10(11)15/h4-5,7,12H,2-3,6,17H2,1H3,(H,18,19). The van der Waals surface area contributed by atoms with Crippen LogP contribution in [0, 0.1) is 16.7 Å². The van der Waals surface area contributed by atoms with Crippen molar-refractivity contribution in [2.75, 3.05) is 5.32 Å². The highest BCUT2D eigenvalue weighted by atomic mass is 35.5. The van der Waals surface area contributed by atoms with Crippen molar-refractivity contribution in [3.63, 3.8) is 0 Å². The Balaban J connectivity index is 2.22. The Labute approximate surface area is 117 Å². The Kier molecular flexibility index (Phi) is 3.79. The average Bonchev–Trinajstić information content (AvgIpc) is 2.73. The van der Waals surface area contributed by atoms with Crippen molar-refractivity contribution < 1.29 is 4.79 Å². The van der Waals surface area contributed by atoms with Crippen molar-refractivity contribution in [3.8, 4) is 6.07 Å². The van der Waals surface area contributed by atoms with Gasteiger partial charge in [0.1, 0.15) is 0 Å². The first kappa shape index (κ1) is 13.9. The Morgan fingerprint density at radius 2 is 2.37 bits per heavy atom. The van der Waals surface area contributed by atoms with Gasteiger partial charge in [0.05, 0.1) is 27.8 Å². The molecule has 2 atom stereocenters. The minimum atomic E-state index is -0.564. The molecular formula is C14H16ClN3O. The summed E-state index contributed by atoms with van der Waals surface area (Å²) in [6.45, 7) is 1.88. The molecule has 0 saturated heterocycles. The molecule has 0 aromatic heterocycles. The van der Waals surface area contributed by atoms with E-state index in [4.69, 9.17) is 22.6 Å². The van der Waals surface area contributed by atoms with Crippen LogP contribution >= 0.6 is 11.6 Å². The molecule has 5 heteroatoms. The van der Waals surface area contributed by atoms with E-state index < -0.39 is 5.41 Å². The maximum absolute atomic E-state index is 12.4. The van der Waals surface area contributed by atoms with Crippen molar-refractivity contribution in [1.82, 2.24) is 0 Å². The molecule has 0 aliphatic heterocycles. The lowest BCUT2D eigenvalue weighted by Crippen LogP contribution is -2.44. The van der Waals surface area contributed by atoms with Crippen molar-refractivity contribution in [2.24, 2.45) is 11.1 Å². The maximum atomic E-state index is 12.4. The van der Waals surface area contributed by atoms with Crippen molar-refractivity contribution in [3.05, 3.63) is 28.8 Å². The molecule has 0 bridgehead atoms. The summed E-state index contributed by atoms with van der Waals surface area (Å²) < 4.78 is 0. The lowest BCUT2D eigenvalue weighted by atomic mass is 9.84. The lowest BCUT2D eigenvalue weighted by Gasteiger charge is -2.27. The number of amides is 1. The number of nitriles is 1. The van der Waals surface area contributed by atoms with Crippen LogP contribution in [0.5, 0.6) is 0 Å². The molecule has 1 saturated carbocycles. The Morgan fingerprint density at radius 1 is 1.63 bits per heavy atom. The molecule has 4 nitrogen and oxygen atoms in total. The third-order valence-electron chi connectivity index (χ3n) is 3.89. The van der Waals surface area contributed by atoms with Crippen molar-refractivity contribution in [1.29, 1.82) is 5.26 Å². The molecular weight excluding hydrogens is 262 g/mol. The number of hydrogen-bond acceptors (Lipinski definition) is 3. The fraction of sp³-hybridized carbons (Fsp3) is 0.429. The second kappa shape index (κ2) is 5.20. The van der Waals surface area contributed by atoms with Crippen LogP contribution in [-0.2, 0) is 4.79 Å². The van der Waals surface area contributed by atoms with Crippen LogP contribution < -0.4 is 11.1 Å². The quantitative estimate of drug-likeness (QED) is 0.872. The number of carbonyl (C=O) groups is 1. The molecule has 0 heterocycles. The number of nitrogens with one attached hydrogen (secondary N) is 1. The maximum Gasteiger partial charge on any atom is 0.231 e. The zero-order chi connectivity index (χ0) is 14.0. The van der Waals surface area contributed by atoms with Gasteiger partial charge in [0.2, 0.25) is 5.91 Å². The summed E-state index contributed by atoms with van der Waals surface area (Å²) >= 11 is 6.03. The van der Waals surface area contributed by atoms with Crippen LogP contribution in [0.25, 0.3) is 0 Å². The molecule has 1 aliphatic rings. The molecule has 1 aromatic carbocycles. The fourth-order valence-corrected chi connectivity index (χ4v) is 2.60. The van der Waals surface area contributed by atoms with Crippen LogP contribution in [0.3, 0.4) is 0 Å². The highest BCUT2D eigenvalue weighted by Gasteiger charge is 2.43. The molecule has 2 unspecified atom stereocenters. The molecule has 0 radical (unpaired) electrons. The number of halogens is 1. The molecule has 1 amide bonds. The highest BCUT2D eigenvalue weighted by Crippen LogP contribution is 2.38. The monoisotopic (exact) mass is 277 g/mol. The normalized spacial score (nSPS) is 25.9. The topological polar surface area (TPSA) is 78.9 Å². The van der Waals surface area contributed by atoms with Crippen LogP contribution in [-0.4, -0.2) is 11.9 Å². The first-order valence-corrected chi connectivity index (χ1v) is 6.62. The summed E-state index contributed by atoms with van der Waals surface area (Å²) in [6, 6.07) is 6.68. The van der Waals surface area contributed by atoms with Crippen LogP contribution in [0.4, 0.5) is 5.69 Å². The van der Waals surface area contributed by atoms with E-state index in [1.54, 1.807) is 18.2 Å². The van der Waals surface area contributed by atoms with E-state index in [9.17, 15) is 4.79 Å². The van der Waals surface area contributed by atoms with E-state index >= 15 is 0 Å². The third kappa shape index (κ3) is 2.58. The van der Waals surface area contributed by atoms with Crippen molar-refractivity contribution in [2.45, 2.75) is 32.2 Å². The van der Waals surface area contributed by atoms with Gasteiger partial charge in [-0.2, -0.15) is 5.26 Å². The molecule has 100 valence electrons. The summed E-state index contributed by atoms with van der Waals surface area (Å²) in [5, 5.41) is 12.1. The molecule has 1 aromatic rings. The van der Waals surface area contributed by atoms with E-state index in [0.717, 1.165) is 19.3 Å². The van der Waals surface area contributed by atoms with Gasteiger partial charge < -0.3 is 11.1 Å². The largest absolute Gasteiger partial charge is 0.327 e. The number of rotatable bonds is 2. The van der Waals surface area contributed by atoms with E-state index in [2.05, 4.69) is 5.32 Å². The molecule has 1 fully saturated rings. The van der Waals surface area contributed by atoms with E-state index in [0.29, 0.717) is 16.3 Å². The number of nitrogens with zero attached hydrogens (tertiary/aromatic N) is 1. The zero-order valence-corrected chi connectivity index (χ0v) is 11.5. The minimum Gasteiger partial charge on any atom is -0.327 e. The number of carbonyl (C=O) groups excluding carboxylic acids is 1. The molecule has 3 N–H and O–H groups in total. The predicted molar refractivity (Wildman–Crippen MR) is 74.7 cm³/mol. The summed E-state index contributed by atoms with van der Waals surface area (Å²) in [4.78, 5) is 12.4. The fourth-order valence-electron chi connectivity index (χ4n) is 2.43. The SMILES string of the molecule is CC1(C(=O)Nc2cc(C#N)ccc2Cl)CCCC1N. The average molecular weight is 278 g/mol. The first-order valence-electron chi connectivity index (χ1n) is 6.24. The lowest BCUT2D eigenvalue weighted by molar-refractivity contribution is -0.125. The van der Waals surface area contributed by atoms with Crippen LogP contribution in [0.1, 0.15) is 31.7 Å². The Hall–Kier alpha value is -1.57. The number of hydrogen-bond donors (Lipinski definition) is 2. The predicted octanol–water partition coefficient (Wildman–Crippen LogP) is 2.67. The van der Waals surface area contributed by atoms with E-state index in [-0.39, 0.29) is 11.9 Å². The second-order valence-corrected chi connectivity index (χ2v) is 5.58. The summed E-state index contributed by atoms with van der Waals surface area (Å²) in [6.07, 6.45) is 2.59. The van der Waals surface area contributed by atoms with Gasteiger partial charge in [-0.1, -0.05) is 18.0 Å².